The summed E-state index contributed by atoms with van der Waals surface area (Å²) in [7, 11) is 0. The Balaban J connectivity index is 0.00000341. The summed E-state index contributed by atoms with van der Waals surface area (Å²) in [6.07, 6.45) is 0. The topological polar surface area (TPSA) is 55.1 Å². The van der Waals surface area contributed by atoms with Gasteiger partial charge in [-0.05, 0) is 6.92 Å². The summed E-state index contributed by atoms with van der Waals surface area (Å²) in [5.41, 5.74) is -5.58. The fraction of sp³-hybridized carbons (Fsp3) is 0.0588. The molecule has 1 heterocycles. The third kappa shape index (κ3) is 3.55. The summed E-state index contributed by atoms with van der Waals surface area (Å²) >= 11 is 0. The number of carbonyl (C=O) groups is 1. The van der Waals surface area contributed by atoms with Gasteiger partial charge in [-0.3, -0.25) is 4.79 Å². The molecule has 2 aromatic carbocycles. The third-order valence-electron chi connectivity index (χ3n) is 4.00. The Hall–Kier alpha value is -2.99. The molecule has 169 valence electrons. The van der Waals surface area contributed by atoms with Gasteiger partial charge < -0.3 is 5.11 Å². The van der Waals surface area contributed by atoms with E-state index in [1.165, 1.54) is 0 Å². The summed E-state index contributed by atoms with van der Waals surface area (Å²) in [6.45, 7) is 0.848. The van der Waals surface area contributed by atoms with E-state index in [1.807, 2.05) is 0 Å². The summed E-state index contributed by atoms with van der Waals surface area (Å²) in [4.78, 5) is 12.4. The van der Waals surface area contributed by atoms with E-state index in [0.29, 0.717) is 0 Å². The molecule has 31 heavy (non-hydrogen) atoms. The Morgan fingerprint density at radius 2 is 1.19 bits per heavy atom. The van der Waals surface area contributed by atoms with Gasteiger partial charge in [0.05, 0.1) is 5.69 Å². The zero-order valence-electron chi connectivity index (χ0n) is 14.5. The summed E-state index contributed by atoms with van der Waals surface area (Å²) in [6, 6.07) is -0.164. The van der Waals surface area contributed by atoms with Crippen LogP contribution in [0.25, 0.3) is 5.69 Å². The SMILES string of the molecule is Cc1nn(-c2c(F)c(F)cc(F)c2F)c(O)c1C(=O)c1c(F)c(F)c(F)c(F)c1F.[Cu]. The molecule has 0 aliphatic carbocycles. The minimum atomic E-state index is -2.56. The molecule has 0 fully saturated rings. The van der Waals surface area contributed by atoms with Crippen molar-refractivity contribution in [2.24, 2.45) is 0 Å². The van der Waals surface area contributed by atoms with E-state index in [9.17, 15) is 49.4 Å². The van der Waals surface area contributed by atoms with Gasteiger partial charge in [-0.25, -0.2) is 39.5 Å². The van der Waals surface area contributed by atoms with E-state index in [4.69, 9.17) is 0 Å². The minimum Gasteiger partial charge on any atom is -0.493 e. The number of benzene rings is 2. The maximum absolute atomic E-state index is 14.0. The van der Waals surface area contributed by atoms with Crippen molar-refractivity contribution < 1.29 is 66.5 Å². The molecule has 0 atom stereocenters. The Morgan fingerprint density at radius 1 is 0.774 bits per heavy atom. The van der Waals surface area contributed by atoms with Crippen LogP contribution in [-0.4, -0.2) is 20.7 Å². The first-order chi connectivity index (χ1) is 13.9. The van der Waals surface area contributed by atoms with Gasteiger partial charge in [-0.2, -0.15) is 9.78 Å². The molecule has 0 saturated carbocycles. The van der Waals surface area contributed by atoms with Crippen molar-refractivity contribution in [1.29, 1.82) is 0 Å². The molecule has 0 unspecified atom stereocenters. The number of ketones is 1. The number of hydrogen-bond donors (Lipinski definition) is 1. The second kappa shape index (κ2) is 8.27. The van der Waals surface area contributed by atoms with Crippen molar-refractivity contribution in [1.82, 2.24) is 9.78 Å². The second-order valence-electron chi connectivity index (χ2n) is 5.79. The number of rotatable bonds is 3. The van der Waals surface area contributed by atoms with E-state index < -0.39 is 86.5 Å². The summed E-state index contributed by atoms with van der Waals surface area (Å²) in [5.74, 6) is -24.1. The van der Waals surface area contributed by atoms with Gasteiger partial charge in [-0.15, -0.1) is 0 Å². The zero-order chi connectivity index (χ0) is 22.7. The summed E-state index contributed by atoms with van der Waals surface area (Å²) < 4.78 is 122. The van der Waals surface area contributed by atoms with Crippen molar-refractivity contribution in [2.45, 2.75) is 6.92 Å². The van der Waals surface area contributed by atoms with Gasteiger partial charge in [0.2, 0.25) is 17.5 Å². The van der Waals surface area contributed by atoms with Crippen LogP contribution in [0.4, 0.5) is 39.5 Å². The average molecular weight is 504 g/mol. The van der Waals surface area contributed by atoms with Crippen LogP contribution in [-0.2, 0) is 17.1 Å². The van der Waals surface area contributed by atoms with Crippen LogP contribution in [0.1, 0.15) is 21.6 Å². The van der Waals surface area contributed by atoms with Crippen molar-refractivity contribution >= 4 is 5.78 Å². The third-order valence-corrected chi connectivity index (χ3v) is 4.00. The predicted molar refractivity (Wildman–Crippen MR) is 79.5 cm³/mol. The molecule has 14 heteroatoms. The number of aromatic nitrogens is 2. The maximum Gasteiger partial charge on any atom is 0.226 e. The average Bonchev–Trinajstić information content (AvgIpc) is 2.97. The van der Waals surface area contributed by atoms with Crippen molar-refractivity contribution in [3.8, 4) is 11.6 Å². The number of nitrogens with zero attached hydrogens (tertiary/aromatic N) is 2. The molecule has 1 N–H and O–H groups in total. The largest absolute Gasteiger partial charge is 0.493 e. The van der Waals surface area contributed by atoms with Crippen molar-refractivity contribution in [3.05, 3.63) is 75.2 Å². The molecule has 0 aliphatic rings. The Bertz CT molecular complexity index is 1190. The van der Waals surface area contributed by atoms with Gasteiger partial charge in [0, 0.05) is 23.1 Å². The molecule has 0 spiro atoms. The minimum absolute atomic E-state index is 0. The molecule has 0 bridgehead atoms. The zero-order valence-corrected chi connectivity index (χ0v) is 15.5. The number of carbonyl (C=O) groups excluding carboxylic acids is 1. The second-order valence-corrected chi connectivity index (χ2v) is 5.79. The normalized spacial score (nSPS) is 10.9. The van der Waals surface area contributed by atoms with E-state index >= 15 is 0 Å². The number of aryl methyl sites for hydroxylation is 1. The Morgan fingerprint density at radius 3 is 1.65 bits per heavy atom. The van der Waals surface area contributed by atoms with Crippen LogP contribution in [0.3, 0.4) is 0 Å². The van der Waals surface area contributed by atoms with Gasteiger partial charge in [0.25, 0.3) is 0 Å². The number of halogens is 9. The van der Waals surface area contributed by atoms with Crippen LogP contribution in [0.5, 0.6) is 5.88 Å². The molecule has 0 amide bonds. The van der Waals surface area contributed by atoms with Crippen molar-refractivity contribution in [3.63, 3.8) is 0 Å². The summed E-state index contributed by atoms with van der Waals surface area (Å²) in [5, 5.41) is 13.4. The molecule has 1 radical (unpaired) electrons. The maximum atomic E-state index is 14.0. The van der Waals surface area contributed by atoms with Crippen molar-refractivity contribution in [2.75, 3.05) is 0 Å². The van der Waals surface area contributed by atoms with Crippen LogP contribution in [0.2, 0.25) is 0 Å². The number of aromatic hydroxyl groups is 1. The first-order valence-corrected chi connectivity index (χ1v) is 7.58. The molecular formula is C17H5CuF9N2O2. The van der Waals surface area contributed by atoms with E-state index in [-0.39, 0.29) is 27.8 Å². The smallest absolute Gasteiger partial charge is 0.226 e. The van der Waals surface area contributed by atoms with Gasteiger partial charge in [0.15, 0.2) is 46.5 Å². The van der Waals surface area contributed by atoms with Crippen LogP contribution in [0, 0.1) is 59.3 Å². The molecule has 3 aromatic rings. The monoisotopic (exact) mass is 503 g/mol. The molecule has 0 saturated heterocycles. The van der Waals surface area contributed by atoms with E-state index in [1.54, 1.807) is 0 Å². The van der Waals surface area contributed by atoms with Crippen LogP contribution >= 0.6 is 0 Å². The van der Waals surface area contributed by atoms with Gasteiger partial charge in [0.1, 0.15) is 16.8 Å². The van der Waals surface area contributed by atoms with Gasteiger partial charge in [-0.1, -0.05) is 0 Å². The standard InChI is InChI=1S/C17H5F9N2O2.Cu/c1-3-6(16(29)7-10(22)12(24)14(26)13(25)11(7)23)17(30)28(27-3)15-8(20)4(18)2-5(19)9(15)21;/h2,30H,1H3;. The Labute approximate surface area is 176 Å². The first kappa shape index (κ1) is 24.3. The fourth-order valence-electron chi connectivity index (χ4n) is 2.61. The van der Waals surface area contributed by atoms with Gasteiger partial charge >= 0.3 is 0 Å². The van der Waals surface area contributed by atoms with E-state index in [0.717, 1.165) is 6.92 Å². The van der Waals surface area contributed by atoms with Crippen LogP contribution in [0.15, 0.2) is 6.07 Å². The molecule has 1 aromatic heterocycles. The van der Waals surface area contributed by atoms with Crippen LogP contribution < -0.4 is 0 Å². The fourth-order valence-corrected chi connectivity index (χ4v) is 2.61. The molecule has 3 rings (SSSR count). The quantitative estimate of drug-likeness (QED) is 0.190. The molecule has 0 aliphatic heterocycles. The Kier molecular flexibility index (Phi) is 6.48. The number of hydrogen-bond acceptors (Lipinski definition) is 3. The first-order valence-electron chi connectivity index (χ1n) is 7.58. The molecular weight excluding hydrogens is 499 g/mol. The molecule has 4 nitrogen and oxygen atoms in total. The van der Waals surface area contributed by atoms with E-state index in [2.05, 4.69) is 5.10 Å². The predicted octanol–water partition coefficient (Wildman–Crippen LogP) is 4.37.